The van der Waals surface area contributed by atoms with Crippen molar-refractivity contribution >= 4 is 15.5 Å². The Kier molecular flexibility index (Phi) is 4.03. The minimum Gasteiger partial charge on any atom is -0.406 e. The van der Waals surface area contributed by atoms with Gasteiger partial charge in [0, 0.05) is 0 Å². The van der Waals surface area contributed by atoms with Crippen LogP contribution in [0.2, 0.25) is 0 Å². The number of alkyl halides is 3. The summed E-state index contributed by atoms with van der Waals surface area (Å²) in [5.74, 6) is -1.26. The van der Waals surface area contributed by atoms with Crippen molar-refractivity contribution < 1.29 is 31.2 Å². The van der Waals surface area contributed by atoms with Gasteiger partial charge in [0.2, 0.25) is 0 Å². The molecule has 0 unspecified atom stereocenters. The first kappa shape index (κ1) is 15.2. The minimum atomic E-state index is -5.01. The fourth-order valence-corrected chi connectivity index (χ4v) is 2.29. The molecule has 10 heteroatoms. The van der Waals surface area contributed by atoms with Gasteiger partial charge in [-0.25, -0.2) is 8.42 Å². The molecule has 0 N–H and O–H groups in total. The molecule has 1 aromatic rings. The molecule has 0 bridgehead atoms. The number of rotatable bonds is 4. The van der Waals surface area contributed by atoms with E-state index in [-0.39, 0.29) is 0 Å². The number of hydrogen-bond acceptors (Lipinski definition) is 5. The topological polar surface area (TPSA) is 86.5 Å². The maximum Gasteiger partial charge on any atom is 0.573 e. The Balaban J connectivity index is 3.35. The van der Waals surface area contributed by atoms with Gasteiger partial charge >= 0.3 is 6.36 Å². The van der Waals surface area contributed by atoms with Crippen LogP contribution in [0, 0.1) is 10.1 Å². The summed E-state index contributed by atoms with van der Waals surface area (Å²) in [5, 5.41) is 10.7. The molecule has 0 atom stereocenters. The number of benzene rings is 1. The third kappa shape index (κ3) is 3.81. The third-order valence-corrected chi connectivity index (χ3v) is 3.85. The molecule has 0 aliphatic carbocycles. The molecule has 0 radical (unpaired) electrons. The summed E-state index contributed by atoms with van der Waals surface area (Å²) in [6.07, 6.45) is -5.01. The Morgan fingerprint density at radius 2 is 1.95 bits per heavy atom. The molecule has 0 amide bonds. The molecular weight excluding hydrogens is 291 g/mol. The molecule has 6 nitrogen and oxygen atoms in total. The lowest BCUT2D eigenvalue weighted by Gasteiger charge is -2.09. The minimum absolute atomic E-state index is 0.409. The normalized spacial score (nSPS) is 12.2. The van der Waals surface area contributed by atoms with Gasteiger partial charge in [0.15, 0.2) is 9.84 Å². The first-order chi connectivity index (χ1) is 8.57. The van der Waals surface area contributed by atoms with Gasteiger partial charge in [0.1, 0.15) is 10.6 Å². The van der Waals surface area contributed by atoms with Crippen molar-refractivity contribution in [3.05, 3.63) is 28.3 Å². The van der Waals surface area contributed by atoms with Gasteiger partial charge in [-0.3, -0.25) is 10.1 Å². The largest absolute Gasteiger partial charge is 0.573 e. The number of halogens is 3. The molecule has 0 spiro atoms. The molecule has 1 rings (SSSR count). The van der Waals surface area contributed by atoms with Gasteiger partial charge in [-0.15, -0.1) is 13.2 Å². The van der Waals surface area contributed by atoms with Crippen LogP contribution in [0.5, 0.6) is 5.75 Å². The van der Waals surface area contributed by atoms with Gasteiger partial charge in [0.25, 0.3) is 5.69 Å². The molecule has 0 saturated carbocycles. The van der Waals surface area contributed by atoms with Crippen molar-refractivity contribution in [2.24, 2.45) is 0 Å². The van der Waals surface area contributed by atoms with Crippen molar-refractivity contribution in [3.8, 4) is 5.75 Å². The summed E-state index contributed by atoms with van der Waals surface area (Å²) < 4.78 is 62.5. The molecule has 106 valence electrons. The van der Waals surface area contributed by atoms with Crippen LogP contribution in [0.4, 0.5) is 18.9 Å². The summed E-state index contributed by atoms with van der Waals surface area (Å²) in [7, 11) is -3.91. The SMILES string of the molecule is CCS(=O)(=O)c1ccc(OC(F)(F)F)cc1[N+](=O)[O-]. The summed E-state index contributed by atoms with van der Waals surface area (Å²) >= 11 is 0. The lowest BCUT2D eigenvalue weighted by Crippen LogP contribution is -2.17. The van der Waals surface area contributed by atoms with Gasteiger partial charge < -0.3 is 4.74 Å². The van der Waals surface area contributed by atoms with E-state index >= 15 is 0 Å². The summed E-state index contributed by atoms with van der Waals surface area (Å²) in [5.41, 5.74) is -0.955. The van der Waals surface area contributed by atoms with E-state index in [1.54, 1.807) is 0 Å². The lowest BCUT2D eigenvalue weighted by molar-refractivity contribution is -0.388. The van der Waals surface area contributed by atoms with Gasteiger partial charge in [0.05, 0.1) is 16.7 Å². The van der Waals surface area contributed by atoms with Crippen LogP contribution in [0.25, 0.3) is 0 Å². The third-order valence-electron chi connectivity index (χ3n) is 2.08. The van der Waals surface area contributed by atoms with Crippen molar-refractivity contribution in [2.45, 2.75) is 18.2 Å². The Hall–Kier alpha value is -1.84. The van der Waals surface area contributed by atoms with E-state index in [2.05, 4.69) is 4.74 Å². The Bertz CT molecular complexity index is 596. The predicted octanol–water partition coefficient (Wildman–Crippen LogP) is 2.29. The second kappa shape index (κ2) is 5.03. The zero-order chi connectivity index (χ0) is 14.8. The molecule has 0 heterocycles. The first-order valence-electron chi connectivity index (χ1n) is 4.84. The Labute approximate surface area is 105 Å². The average Bonchev–Trinajstić information content (AvgIpc) is 2.26. The number of hydrogen-bond donors (Lipinski definition) is 0. The van der Waals surface area contributed by atoms with E-state index in [0.29, 0.717) is 12.1 Å². The summed E-state index contributed by atoms with van der Waals surface area (Å²) in [6.45, 7) is 1.26. The standard InChI is InChI=1S/C9H8F3NO5S/c1-2-19(16,17)8-4-3-6(18-9(10,11)12)5-7(8)13(14)15/h3-5H,2H2,1H3. The van der Waals surface area contributed by atoms with Crippen LogP contribution >= 0.6 is 0 Å². The van der Waals surface area contributed by atoms with Crippen LogP contribution in [-0.4, -0.2) is 25.5 Å². The molecule has 0 aromatic heterocycles. The molecule has 1 aromatic carbocycles. The monoisotopic (exact) mass is 299 g/mol. The maximum atomic E-state index is 12.0. The lowest BCUT2D eigenvalue weighted by atomic mass is 10.3. The zero-order valence-electron chi connectivity index (χ0n) is 9.47. The Morgan fingerprint density at radius 3 is 2.37 bits per heavy atom. The fraction of sp³-hybridized carbons (Fsp3) is 0.333. The van der Waals surface area contributed by atoms with E-state index < -0.39 is 43.2 Å². The maximum absolute atomic E-state index is 12.0. The first-order valence-corrected chi connectivity index (χ1v) is 6.49. The van der Waals surface area contributed by atoms with Crippen molar-refractivity contribution in [1.82, 2.24) is 0 Å². The van der Waals surface area contributed by atoms with Crippen LogP contribution < -0.4 is 4.74 Å². The van der Waals surface area contributed by atoms with E-state index in [9.17, 15) is 31.7 Å². The van der Waals surface area contributed by atoms with Crippen LogP contribution in [-0.2, 0) is 9.84 Å². The molecule has 0 aliphatic heterocycles. The highest BCUT2D eigenvalue weighted by Gasteiger charge is 2.33. The molecule has 0 fully saturated rings. The molecular formula is C9H8F3NO5S. The zero-order valence-corrected chi connectivity index (χ0v) is 10.3. The number of sulfone groups is 1. The van der Waals surface area contributed by atoms with E-state index in [4.69, 9.17) is 0 Å². The van der Waals surface area contributed by atoms with E-state index in [0.717, 1.165) is 6.07 Å². The number of nitro groups is 1. The number of nitro benzene ring substituents is 1. The Morgan fingerprint density at radius 1 is 1.37 bits per heavy atom. The smallest absolute Gasteiger partial charge is 0.406 e. The summed E-state index contributed by atoms with van der Waals surface area (Å²) in [4.78, 5) is 8.98. The second-order valence-corrected chi connectivity index (χ2v) is 5.58. The predicted molar refractivity (Wildman–Crippen MR) is 57.5 cm³/mol. The van der Waals surface area contributed by atoms with E-state index in [1.807, 2.05) is 0 Å². The molecule has 0 saturated heterocycles. The highest BCUT2D eigenvalue weighted by atomic mass is 32.2. The second-order valence-electron chi connectivity index (χ2n) is 3.34. The highest BCUT2D eigenvalue weighted by molar-refractivity contribution is 7.91. The van der Waals surface area contributed by atoms with Gasteiger partial charge in [-0.2, -0.15) is 0 Å². The molecule has 0 aliphatic rings. The molecule has 19 heavy (non-hydrogen) atoms. The number of nitrogens with zero attached hydrogens (tertiary/aromatic N) is 1. The highest BCUT2D eigenvalue weighted by Crippen LogP contribution is 2.31. The van der Waals surface area contributed by atoms with Crippen molar-refractivity contribution in [1.29, 1.82) is 0 Å². The van der Waals surface area contributed by atoms with Gasteiger partial charge in [-0.05, 0) is 12.1 Å². The fourth-order valence-electron chi connectivity index (χ4n) is 1.26. The van der Waals surface area contributed by atoms with Gasteiger partial charge in [-0.1, -0.05) is 6.92 Å². The quantitative estimate of drug-likeness (QED) is 0.629. The van der Waals surface area contributed by atoms with Crippen molar-refractivity contribution in [3.63, 3.8) is 0 Å². The van der Waals surface area contributed by atoms with Crippen molar-refractivity contribution in [2.75, 3.05) is 5.75 Å². The van der Waals surface area contributed by atoms with Crippen LogP contribution in [0.3, 0.4) is 0 Å². The van der Waals surface area contributed by atoms with Crippen LogP contribution in [0.1, 0.15) is 6.92 Å². The average molecular weight is 299 g/mol. The van der Waals surface area contributed by atoms with Crippen LogP contribution in [0.15, 0.2) is 23.1 Å². The summed E-state index contributed by atoms with van der Waals surface area (Å²) in [6, 6.07) is 1.86. The van der Waals surface area contributed by atoms with E-state index in [1.165, 1.54) is 6.92 Å². The number of ether oxygens (including phenoxy) is 1.